The predicted octanol–water partition coefficient (Wildman–Crippen LogP) is 1.94. The van der Waals surface area contributed by atoms with Crippen molar-refractivity contribution in [2.24, 2.45) is 0 Å². The number of hydrogen-bond acceptors (Lipinski definition) is 3. The van der Waals surface area contributed by atoms with Crippen LogP contribution in [0, 0.1) is 0 Å². The molecule has 0 spiro atoms. The van der Waals surface area contributed by atoms with Gasteiger partial charge < -0.3 is 4.43 Å². The maximum Gasteiger partial charge on any atom is 0.223 e. The minimum atomic E-state index is -1.72. The Hall–Kier alpha value is -0.743. The van der Waals surface area contributed by atoms with Crippen LogP contribution in [0.4, 0.5) is 0 Å². The van der Waals surface area contributed by atoms with E-state index in [9.17, 15) is 9.59 Å². The highest BCUT2D eigenvalue weighted by Gasteiger charge is 2.24. The summed E-state index contributed by atoms with van der Waals surface area (Å²) in [5, 5.41) is 0. The summed E-state index contributed by atoms with van der Waals surface area (Å²) in [5.41, 5.74) is 0.312. The molecule has 4 heteroatoms. The summed E-state index contributed by atoms with van der Waals surface area (Å²) >= 11 is 0. The number of allylic oxidation sites excluding steroid dienone is 1. The van der Waals surface area contributed by atoms with E-state index in [-0.39, 0.29) is 12.2 Å². The van der Waals surface area contributed by atoms with E-state index in [1.165, 1.54) is 0 Å². The molecule has 0 aliphatic rings. The van der Waals surface area contributed by atoms with Crippen LogP contribution in [0.2, 0.25) is 19.1 Å². The lowest BCUT2D eigenvalue weighted by Crippen LogP contribution is -2.30. The molecule has 0 bridgehead atoms. The summed E-state index contributed by atoms with van der Waals surface area (Å²) < 4.78 is 5.28. The smallest absolute Gasteiger partial charge is 0.223 e. The van der Waals surface area contributed by atoms with Crippen LogP contribution in [-0.4, -0.2) is 27.0 Å². The fourth-order valence-corrected chi connectivity index (χ4v) is 1.90. The topological polar surface area (TPSA) is 43.4 Å². The molecule has 80 valence electrons. The van der Waals surface area contributed by atoms with Gasteiger partial charge in [0.05, 0.1) is 0 Å². The zero-order chi connectivity index (χ0) is 11.4. The van der Waals surface area contributed by atoms with Crippen molar-refractivity contribution in [3.05, 3.63) is 12.2 Å². The van der Waals surface area contributed by atoms with Crippen LogP contribution in [-0.2, 0) is 14.0 Å². The molecular weight excluding hydrogens is 196 g/mol. The van der Waals surface area contributed by atoms with Gasteiger partial charge in [-0.05, 0) is 31.6 Å². The van der Waals surface area contributed by atoms with E-state index >= 15 is 0 Å². The number of Topliss-reactive ketones (excluding diaryl/α,β-unsaturated/α-hetero) is 2. The van der Waals surface area contributed by atoms with Gasteiger partial charge in [-0.1, -0.05) is 6.58 Å². The van der Waals surface area contributed by atoms with Crippen LogP contribution in [0.1, 0.15) is 13.3 Å². The largest absolute Gasteiger partial charge is 0.420 e. The Morgan fingerprint density at radius 3 is 2.21 bits per heavy atom. The second-order valence-corrected chi connectivity index (χ2v) is 8.42. The average Bonchev–Trinajstić information content (AvgIpc) is 2.13. The fourth-order valence-electron chi connectivity index (χ4n) is 0.868. The number of ketones is 2. The van der Waals surface area contributed by atoms with Crippen molar-refractivity contribution < 1.29 is 14.0 Å². The first-order valence-electron chi connectivity index (χ1n) is 4.58. The molecule has 0 unspecified atom stereocenters. The van der Waals surface area contributed by atoms with E-state index in [0.29, 0.717) is 11.6 Å². The lowest BCUT2D eigenvalue weighted by atomic mass is 10.1. The molecule has 0 aliphatic heterocycles. The molecule has 0 aromatic rings. The minimum Gasteiger partial charge on any atom is -0.420 e. The van der Waals surface area contributed by atoms with Crippen LogP contribution in [0.5, 0.6) is 0 Å². The molecule has 0 saturated heterocycles. The molecule has 0 aromatic heterocycles. The fraction of sp³-hybridized carbons (Fsp3) is 0.600. The molecule has 0 rings (SSSR count). The maximum atomic E-state index is 11.3. The first kappa shape index (κ1) is 13.3. The van der Waals surface area contributed by atoms with Gasteiger partial charge in [0.1, 0.15) is 0 Å². The van der Waals surface area contributed by atoms with Crippen LogP contribution in [0.3, 0.4) is 0 Å². The third-order valence-electron chi connectivity index (χ3n) is 2.15. The number of rotatable bonds is 6. The van der Waals surface area contributed by atoms with Gasteiger partial charge in [-0.15, -0.1) is 0 Å². The molecule has 0 amide bonds. The molecule has 0 fully saturated rings. The minimum absolute atomic E-state index is 0.277. The lowest BCUT2D eigenvalue weighted by molar-refractivity contribution is -0.134. The molecule has 0 aromatic carbocycles. The Morgan fingerprint density at radius 2 is 1.86 bits per heavy atom. The van der Waals surface area contributed by atoms with Crippen molar-refractivity contribution in [1.82, 2.24) is 0 Å². The summed E-state index contributed by atoms with van der Waals surface area (Å²) in [6, 6.07) is 0.682. The second-order valence-electron chi connectivity index (χ2n) is 4.00. The second kappa shape index (κ2) is 5.22. The van der Waals surface area contributed by atoms with Crippen molar-refractivity contribution >= 4 is 19.9 Å². The first-order chi connectivity index (χ1) is 6.30. The zero-order valence-electron chi connectivity index (χ0n) is 9.35. The van der Waals surface area contributed by atoms with Crippen LogP contribution >= 0.6 is 0 Å². The molecule has 0 atom stereocenters. The predicted molar refractivity (Wildman–Crippen MR) is 58.7 cm³/mol. The first-order valence-corrected chi connectivity index (χ1v) is 7.70. The number of hydrogen-bond donors (Lipinski definition) is 0. The van der Waals surface area contributed by atoms with Gasteiger partial charge in [-0.2, -0.15) is 0 Å². The average molecular weight is 214 g/mol. The van der Waals surface area contributed by atoms with E-state index in [2.05, 4.69) is 6.58 Å². The molecule has 3 nitrogen and oxygen atoms in total. The number of carbonyl (C=O) groups excluding carboxylic acids is 2. The SMILES string of the molecule is C=C(C)C(=O)C(=O)CC[Si](C)(C)OC. The van der Waals surface area contributed by atoms with E-state index < -0.39 is 14.1 Å². The molecule has 0 radical (unpaired) electrons. The van der Waals surface area contributed by atoms with Gasteiger partial charge in [-0.3, -0.25) is 9.59 Å². The van der Waals surface area contributed by atoms with Crippen molar-refractivity contribution in [3.63, 3.8) is 0 Å². The summed E-state index contributed by atoms with van der Waals surface area (Å²) in [7, 11) is -0.0733. The standard InChI is InChI=1S/C10H18O3Si/c1-8(2)10(12)9(11)6-7-14(4,5)13-3/h1,6-7H2,2-5H3. The van der Waals surface area contributed by atoms with Crippen LogP contribution < -0.4 is 0 Å². The van der Waals surface area contributed by atoms with Gasteiger partial charge in [0.25, 0.3) is 0 Å². The molecule has 0 N–H and O–H groups in total. The summed E-state index contributed by atoms with van der Waals surface area (Å²) in [6.07, 6.45) is 0.277. The van der Waals surface area contributed by atoms with Gasteiger partial charge >= 0.3 is 0 Å². The summed E-state index contributed by atoms with van der Waals surface area (Å²) in [6.45, 7) is 9.04. The van der Waals surface area contributed by atoms with E-state index in [1.807, 2.05) is 13.1 Å². The van der Waals surface area contributed by atoms with Crippen molar-refractivity contribution in [2.75, 3.05) is 7.11 Å². The van der Waals surface area contributed by atoms with Gasteiger partial charge in [0.15, 0.2) is 8.32 Å². The van der Waals surface area contributed by atoms with Crippen molar-refractivity contribution in [1.29, 1.82) is 0 Å². The van der Waals surface area contributed by atoms with Crippen LogP contribution in [0.15, 0.2) is 12.2 Å². The quantitative estimate of drug-likeness (QED) is 0.385. The Morgan fingerprint density at radius 1 is 1.36 bits per heavy atom. The van der Waals surface area contributed by atoms with E-state index in [1.54, 1.807) is 14.0 Å². The van der Waals surface area contributed by atoms with Gasteiger partial charge in [-0.25, -0.2) is 0 Å². The zero-order valence-corrected chi connectivity index (χ0v) is 10.3. The summed E-state index contributed by atoms with van der Waals surface area (Å²) in [4.78, 5) is 22.5. The Balaban J connectivity index is 4.10. The van der Waals surface area contributed by atoms with E-state index in [4.69, 9.17) is 4.43 Å². The Bertz CT molecular complexity index is 256. The van der Waals surface area contributed by atoms with Gasteiger partial charge in [0.2, 0.25) is 11.6 Å². The third-order valence-corrected chi connectivity index (χ3v) is 4.71. The van der Waals surface area contributed by atoms with E-state index in [0.717, 1.165) is 0 Å². The molecule has 0 aliphatic carbocycles. The van der Waals surface area contributed by atoms with Gasteiger partial charge in [0, 0.05) is 13.5 Å². The van der Waals surface area contributed by atoms with Crippen molar-refractivity contribution in [2.45, 2.75) is 32.5 Å². The van der Waals surface area contributed by atoms with Crippen molar-refractivity contribution in [3.8, 4) is 0 Å². The Kier molecular flexibility index (Phi) is 4.94. The molecule has 0 saturated carbocycles. The third kappa shape index (κ3) is 4.48. The highest BCUT2D eigenvalue weighted by atomic mass is 28.4. The summed E-state index contributed by atoms with van der Waals surface area (Å²) in [5.74, 6) is -0.805. The molecular formula is C10H18O3Si. The normalized spacial score (nSPS) is 11.1. The monoisotopic (exact) mass is 214 g/mol. The highest BCUT2D eigenvalue weighted by Crippen LogP contribution is 2.13. The Labute approximate surface area is 86.3 Å². The van der Waals surface area contributed by atoms with Crippen LogP contribution in [0.25, 0.3) is 0 Å². The molecule has 14 heavy (non-hydrogen) atoms. The molecule has 0 heterocycles. The maximum absolute atomic E-state index is 11.3. The number of carbonyl (C=O) groups is 2. The lowest BCUT2D eigenvalue weighted by Gasteiger charge is -2.18. The highest BCUT2D eigenvalue weighted by molar-refractivity contribution is 6.71.